The van der Waals surface area contributed by atoms with E-state index in [9.17, 15) is 4.39 Å². The minimum absolute atomic E-state index is 0.00717. The Morgan fingerprint density at radius 2 is 1.86 bits per heavy atom. The molecule has 2 unspecified atom stereocenters. The molecule has 21 heavy (non-hydrogen) atoms. The summed E-state index contributed by atoms with van der Waals surface area (Å²) < 4.78 is 19.1. The molecule has 2 nitrogen and oxygen atoms in total. The predicted octanol–water partition coefficient (Wildman–Crippen LogP) is 4.09. The Kier molecular flexibility index (Phi) is 4.51. The lowest BCUT2D eigenvalue weighted by atomic mass is 10.0. The van der Waals surface area contributed by atoms with Gasteiger partial charge in [0.2, 0.25) is 0 Å². The molecule has 1 N–H and O–H groups in total. The van der Waals surface area contributed by atoms with E-state index in [0.717, 1.165) is 18.5 Å². The van der Waals surface area contributed by atoms with Crippen LogP contribution in [0.1, 0.15) is 30.9 Å². The first-order valence-electron chi connectivity index (χ1n) is 7.52. The van der Waals surface area contributed by atoms with Crippen LogP contribution in [0, 0.1) is 5.82 Å². The van der Waals surface area contributed by atoms with Crippen molar-refractivity contribution in [2.24, 2.45) is 0 Å². The third-order valence-corrected chi connectivity index (χ3v) is 3.92. The Balaban J connectivity index is 1.76. The number of nitrogens with one attached hydrogen (secondary N) is 1. The van der Waals surface area contributed by atoms with Crippen LogP contribution in [0.5, 0.6) is 5.75 Å². The maximum absolute atomic E-state index is 13.0. The molecule has 0 aromatic heterocycles. The molecule has 0 spiro atoms. The third-order valence-electron chi connectivity index (χ3n) is 3.92. The van der Waals surface area contributed by atoms with E-state index in [1.54, 1.807) is 12.1 Å². The van der Waals surface area contributed by atoms with Gasteiger partial charge < -0.3 is 10.1 Å². The molecular weight excluding hydrogens is 265 g/mol. The highest BCUT2D eigenvalue weighted by atomic mass is 19.1. The average Bonchev–Trinajstić information content (AvgIpc) is 3.03. The van der Waals surface area contributed by atoms with Crippen molar-refractivity contribution >= 4 is 0 Å². The number of rotatable bonds is 5. The second-order valence-electron chi connectivity index (χ2n) is 5.50. The molecule has 1 aliphatic heterocycles. The molecule has 0 amide bonds. The fourth-order valence-corrected chi connectivity index (χ4v) is 2.81. The molecule has 1 aliphatic rings. The summed E-state index contributed by atoms with van der Waals surface area (Å²) in [6.45, 7) is 1.09. The maximum atomic E-state index is 13.0. The summed E-state index contributed by atoms with van der Waals surface area (Å²) in [4.78, 5) is 0. The van der Waals surface area contributed by atoms with Crippen LogP contribution in [0.4, 0.5) is 4.39 Å². The van der Waals surface area contributed by atoms with E-state index in [-0.39, 0.29) is 11.9 Å². The lowest BCUT2D eigenvalue weighted by molar-refractivity contribution is 0.181. The van der Waals surface area contributed by atoms with Crippen molar-refractivity contribution in [3.05, 3.63) is 66.0 Å². The summed E-state index contributed by atoms with van der Waals surface area (Å²) in [6, 6.07) is 17.0. The lowest BCUT2D eigenvalue weighted by Gasteiger charge is -2.23. The van der Waals surface area contributed by atoms with Gasteiger partial charge >= 0.3 is 0 Å². The number of hydrogen-bond donors (Lipinski definition) is 1. The summed E-state index contributed by atoms with van der Waals surface area (Å²) in [5.41, 5.74) is 1.16. The van der Waals surface area contributed by atoms with Gasteiger partial charge in [-0.2, -0.15) is 0 Å². The van der Waals surface area contributed by atoms with Crippen LogP contribution in [0.15, 0.2) is 54.6 Å². The van der Waals surface area contributed by atoms with Crippen LogP contribution in [0.25, 0.3) is 0 Å². The Morgan fingerprint density at radius 1 is 1.10 bits per heavy atom. The van der Waals surface area contributed by atoms with Gasteiger partial charge in [-0.25, -0.2) is 4.39 Å². The molecule has 0 radical (unpaired) electrons. The van der Waals surface area contributed by atoms with Crippen LogP contribution in [-0.2, 0) is 0 Å². The van der Waals surface area contributed by atoms with Crippen LogP contribution >= 0.6 is 0 Å². The number of benzene rings is 2. The molecule has 0 aliphatic carbocycles. The van der Waals surface area contributed by atoms with Crippen molar-refractivity contribution in [3.8, 4) is 5.75 Å². The van der Waals surface area contributed by atoms with Crippen molar-refractivity contribution in [1.82, 2.24) is 5.32 Å². The molecule has 3 rings (SSSR count). The Bertz CT molecular complexity index is 549. The summed E-state index contributed by atoms with van der Waals surface area (Å²) >= 11 is 0. The highest BCUT2D eigenvalue weighted by Crippen LogP contribution is 2.28. The van der Waals surface area contributed by atoms with Gasteiger partial charge in [-0.3, -0.25) is 0 Å². The lowest BCUT2D eigenvalue weighted by Crippen LogP contribution is -2.25. The maximum Gasteiger partial charge on any atom is 0.125 e. The molecule has 0 saturated carbocycles. The average molecular weight is 285 g/mol. The number of ether oxygens (including phenoxy) is 1. The van der Waals surface area contributed by atoms with Crippen molar-refractivity contribution in [2.45, 2.75) is 31.4 Å². The molecule has 2 atom stereocenters. The van der Waals surface area contributed by atoms with E-state index in [2.05, 4.69) is 17.4 Å². The molecule has 1 saturated heterocycles. The zero-order valence-corrected chi connectivity index (χ0v) is 12.0. The van der Waals surface area contributed by atoms with E-state index < -0.39 is 0 Å². The largest absolute Gasteiger partial charge is 0.486 e. The van der Waals surface area contributed by atoms with Crippen molar-refractivity contribution in [2.75, 3.05) is 6.54 Å². The summed E-state index contributed by atoms with van der Waals surface area (Å²) in [7, 11) is 0. The van der Waals surface area contributed by atoms with Crippen LogP contribution < -0.4 is 10.1 Å². The zero-order chi connectivity index (χ0) is 14.5. The predicted molar refractivity (Wildman–Crippen MR) is 81.9 cm³/mol. The summed E-state index contributed by atoms with van der Waals surface area (Å²) in [6.07, 6.45) is 3.34. The SMILES string of the molecule is Fc1ccc(OC(CC2CCCN2)c2ccccc2)cc1. The smallest absolute Gasteiger partial charge is 0.125 e. The molecule has 1 fully saturated rings. The van der Waals surface area contributed by atoms with Gasteiger partial charge in [0.25, 0.3) is 0 Å². The van der Waals surface area contributed by atoms with E-state index in [0.29, 0.717) is 11.8 Å². The van der Waals surface area contributed by atoms with Crippen molar-refractivity contribution in [1.29, 1.82) is 0 Å². The molecule has 1 heterocycles. The molecule has 2 aromatic carbocycles. The van der Waals surface area contributed by atoms with E-state index >= 15 is 0 Å². The summed E-state index contributed by atoms with van der Waals surface area (Å²) in [5.74, 6) is 0.472. The van der Waals surface area contributed by atoms with Gasteiger partial charge in [-0.1, -0.05) is 30.3 Å². The minimum atomic E-state index is -0.240. The molecule has 3 heteroatoms. The number of hydrogen-bond acceptors (Lipinski definition) is 2. The first kappa shape index (κ1) is 14.1. The normalized spacial score (nSPS) is 19.4. The molecule has 0 bridgehead atoms. The topological polar surface area (TPSA) is 21.3 Å². The van der Waals surface area contributed by atoms with Crippen LogP contribution in [0.3, 0.4) is 0 Å². The highest BCUT2D eigenvalue weighted by Gasteiger charge is 2.22. The highest BCUT2D eigenvalue weighted by molar-refractivity contribution is 5.25. The van der Waals surface area contributed by atoms with Crippen LogP contribution in [0.2, 0.25) is 0 Å². The minimum Gasteiger partial charge on any atom is -0.486 e. The van der Waals surface area contributed by atoms with Gasteiger partial charge in [0.05, 0.1) is 0 Å². The Hall–Kier alpha value is -1.87. The fraction of sp³-hybridized carbons (Fsp3) is 0.333. The molecule has 110 valence electrons. The van der Waals surface area contributed by atoms with Gasteiger partial charge in [-0.05, 0) is 49.2 Å². The monoisotopic (exact) mass is 285 g/mol. The van der Waals surface area contributed by atoms with Crippen molar-refractivity contribution < 1.29 is 9.13 Å². The van der Waals surface area contributed by atoms with Gasteiger partial charge in [0, 0.05) is 12.5 Å². The van der Waals surface area contributed by atoms with Crippen molar-refractivity contribution in [3.63, 3.8) is 0 Å². The number of halogens is 1. The molecule has 2 aromatic rings. The summed E-state index contributed by atoms with van der Waals surface area (Å²) in [5, 5.41) is 3.51. The van der Waals surface area contributed by atoms with Gasteiger partial charge in [-0.15, -0.1) is 0 Å². The third kappa shape index (κ3) is 3.82. The second-order valence-corrected chi connectivity index (χ2v) is 5.50. The molecular formula is C18H20FNO. The standard InChI is InChI=1S/C18H20FNO/c19-15-8-10-17(11-9-15)21-18(13-16-7-4-12-20-16)14-5-2-1-3-6-14/h1-3,5-6,8-11,16,18,20H,4,7,12-13H2. The van der Waals surface area contributed by atoms with Gasteiger partial charge in [0.15, 0.2) is 0 Å². The Morgan fingerprint density at radius 3 is 2.52 bits per heavy atom. The van der Waals surface area contributed by atoms with Crippen LogP contribution in [-0.4, -0.2) is 12.6 Å². The van der Waals surface area contributed by atoms with E-state index in [1.165, 1.54) is 25.0 Å². The second kappa shape index (κ2) is 6.72. The Labute approximate surface area is 125 Å². The quantitative estimate of drug-likeness (QED) is 0.893. The van der Waals surface area contributed by atoms with E-state index in [4.69, 9.17) is 4.74 Å². The van der Waals surface area contributed by atoms with Gasteiger partial charge in [0.1, 0.15) is 17.7 Å². The first-order valence-corrected chi connectivity index (χ1v) is 7.52. The fourth-order valence-electron chi connectivity index (χ4n) is 2.81. The zero-order valence-electron chi connectivity index (χ0n) is 12.0. The first-order chi connectivity index (χ1) is 10.3. The van der Waals surface area contributed by atoms with E-state index in [1.807, 2.05) is 18.2 Å².